The molecule has 2 unspecified atom stereocenters. The van der Waals surface area contributed by atoms with E-state index >= 15 is 0 Å². The predicted molar refractivity (Wildman–Crippen MR) is 65.0 cm³/mol. The highest BCUT2D eigenvalue weighted by molar-refractivity contribution is 5.94. The third-order valence-corrected chi connectivity index (χ3v) is 3.37. The molecular weight excluding hydrogens is 251 g/mol. The van der Waals surface area contributed by atoms with Gasteiger partial charge in [0.2, 0.25) is 0 Å². The number of halogens is 1. The van der Waals surface area contributed by atoms with Crippen LogP contribution in [-0.2, 0) is 4.79 Å². The van der Waals surface area contributed by atoms with Crippen LogP contribution in [0.25, 0.3) is 0 Å². The Morgan fingerprint density at radius 1 is 1.32 bits per heavy atom. The van der Waals surface area contributed by atoms with Crippen LogP contribution in [0.1, 0.15) is 36.0 Å². The van der Waals surface area contributed by atoms with Crippen LogP contribution in [0.15, 0.2) is 18.5 Å². The molecule has 102 valence electrons. The summed E-state index contributed by atoms with van der Waals surface area (Å²) in [6.45, 7) is 0. The number of carboxylic acid groups (broad SMARTS) is 1. The predicted octanol–water partition coefficient (Wildman–Crippen LogP) is 1.59. The summed E-state index contributed by atoms with van der Waals surface area (Å²) >= 11 is 0. The van der Waals surface area contributed by atoms with Gasteiger partial charge in [0.15, 0.2) is 0 Å². The molecule has 1 aliphatic rings. The highest BCUT2D eigenvalue weighted by Crippen LogP contribution is 2.24. The number of hydrogen-bond donors (Lipinski definition) is 2. The zero-order valence-electron chi connectivity index (χ0n) is 10.3. The summed E-state index contributed by atoms with van der Waals surface area (Å²) in [4.78, 5) is 26.6. The zero-order valence-corrected chi connectivity index (χ0v) is 10.3. The van der Waals surface area contributed by atoms with Crippen LogP contribution in [0.5, 0.6) is 0 Å². The fraction of sp³-hybridized carbons (Fsp3) is 0.462. The first-order chi connectivity index (χ1) is 9.08. The topological polar surface area (TPSA) is 79.3 Å². The Morgan fingerprint density at radius 2 is 2.05 bits per heavy atom. The van der Waals surface area contributed by atoms with Crippen LogP contribution in [0.3, 0.4) is 0 Å². The average molecular weight is 266 g/mol. The van der Waals surface area contributed by atoms with Crippen molar-refractivity contribution in [2.45, 2.75) is 31.7 Å². The maximum atomic E-state index is 13.0. The average Bonchev–Trinajstić information content (AvgIpc) is 2.39. The number of pyridine rings is 1. The van der Waals surface area contributed by atoms with E-state index in [1.807, 2.05) is 0 Å². The number of aliphatic carboxylic acids is 1. The molecule has 1 fully saturated rings. The molecule has 0 spiro atoms. The standard InChI is InChI=1S/C13H15FN2O3/c14-9-5-8(6-15-7-9)12(17)16-11-4-2-1-3-10(11)13(18)19/h5-7,10-11H,1-4H2,(H,16,17)(H,18,19). The monoisotopic (exact) mass is 266 g/mol. The summed E-state index contributed by atoms with van der Waals surface area (Å²) < 4.78 is 13.0. The second-order valence-corrected chi connectivity index (χ2v) is 4.70. The Labute approximate surface area is 109 Å². The Balaban J connectivity index is 2.07. The van der Waals surface area contributed by atoms with Crippen LogP contribution < -0.4 is 5.32 Å². The van der Waals surface area contributed by atoms with Gasteiger partial charge in [-0.1, -0.05) is 12.8 Å². The number of aromatic nitrogens is 1. The molecule has 5 nitrogen and oxygen atoms in total. The lowest BCUT2D eigenvalue weighted by Gasteiger charge is -2.29. The molecule has 1 heterocycles. The molecule has 1 amide bonds. The van der Waals surface area contributed by atoms with Gasteiger partial charge in [-0.05, 0) is 18.9 Å². The number of nitrogens with one attached hydrogen (secondary N) is 1. The first-order valence-electron chi connectivity index (χ1n) is 6.22. The van der Waals surface area contributed by atoms with Gasteiger partial charge in [-0.15, -0.1) is 0 Å². The van der Waals surface area contributed by atoms with Crippen molar-refractivity contribution >= 4 is 11.9 Å². The van der Waals surface area contributed by atoms with Gasteiger partial charge in [0.1, 0.15) is 5.82 Å². The van der Waals surface area contributed by atoms with E-state index in [1.165, 1.54) is 6.20 Å². The van der Waals surface area contributed by atoms with Crippen molar-refractivity contribution < 1.29 is 19.1 Å². The summed E-state index contributed by atoms with van der Waals surface area (Å²) in [5.74, 6) is -2.54. The van der Waals surface area contributed by atoms with Crippen molar-refractivity contribution in [1.29, 1.82) is 0 Å². The lowest BCUT2D eigenvalue weighted by atomic mass is 9.84. The zero-order chi connectivity index (χ0) is 13.8. The first-order valence-corrected chi connectivity index (χ1v) is 6.22. The Bertz CT molecular complexity index is 493. The van der Waals surface area contributed by atoms with Crippen molar-refractivity contribution in [3.8, 4) is 0 Å². The summed E-state index contributed by atoms with van der Waals surface area (Å²) in [5, 5.41) is 11.8. The van der Waals surface area contributed by atoms with E-state index in [9.17, 15) is 14.0 Å². The molecule has 2 atom stereocenters. The van der Waals surface area contributed by atoms with E-state index < -0.39 is 29.7 Å². The number of rotatable bonds is 3. The highest BCUT2D eigenvalue weighted by Gasteiger charge is 2.32. The molecule has 1 aromatic heterocycles. The van der Waals surface area contributed by atoms with E-state index in [4.69, 9.17) is 5.11 Å². The number of carbonyl (C=O) groups is 2. The number of carboxylic acids is 1. The van der Waals surface area contributed by atoms with Crippen LogP contribution in [-0.4, -0.2) is 28.0 Å². The number of amides is 1. The van der Waals surface area contributed by atoms with E-state index in [2.05, 4.69) is 10.3 Å². The molecule has 1 aliphatic carbocycles. The van der Waals surface area contributed by atoms with E-state index in [0.29, 0.717) is 12.8 Å². The third kappa shape index (κ3) is 3.27. The second kappa shape index (κ2) is 5.77. The van der Waals surface area contributed by atoms with Crippen molar-refractivity contribution in [1.82, 2.24) is 10.3 Å². The molecule has 2 N–H and O–H groups in total. The quantitative estimate of drug-likeness (QED) is 0.870. The van der Waals surface area contributed by atoms with Gasteiger partial charge in [0, 0.05) is 12.2 Å². The Morgan fingerprint density at radius 3 is 2.74 bits per heavy atom. The maximum Gasteiger partial charge on any atom is 0.308 e. The molecular formula is C13H15FN2O3. The molecule has 1 aromatic rings. The van der Waals surface area contributed by atoms with Crippen molar-refractivity contribution in [2.75, 3.05) is 0 Å². The summed E-state index contributed by atoms with van der Waals surface area (Å²) in [6, 6.07) is 0.683. The molecule has 0 saturated heterocycles. The van der Waals surface area contributed by atoms with Crippen LogP contribution in [0.4, 0.5) is 4.39 Å². The lowest BCUT2D eigenvalue weighted by Crippen LogP contribution is -2.45. The first kappa shape index (κ1) is 13.5. The smallest absolute Gasteiger partial charge is 0.308 e. The molecule has 0 radical (unpaired) electrons. The minimum absolute atomic E-state index is 0.106. The van der Waals surface area contributed by atoms with Crippen LogP contribution >= 0.6 is 0 Å². The summed E-state index contributed by atoms with van der Waals surface area (Å²) in [7, 11) is 0. The summed E-state index contributed by atoms with van der Waals surface area (Å²) in [6.07, 6.45) is 5.20. The molecule has 2 rings (SSSR count). The van der Waals surface area contributed by atoms with Gasteiger partial charge in [-0.3, -0.25) is 14.6 Å². The van der Waals surface area contributed by atoms with E-state index in [-0.39, 0.29) is 5.56 Å². The normalized spacial score (nSPS) is 22.8. The van der Waals surface area contributed by atoms with Crippen molar-refractivity contribution in [3.05, 3.63) is 29.8 Å². The van der Waals surface area contributed by atoms with Crippen LogP contribution in [0, 0.1) is 11.7 Å². The molecule has 19 heavy (non-hydrogen) atoms. The third-order valence-electron chi connectivity index (χ3n) is 3.37. The van der Waals surface area contributed by atoms with E-state index in [0.717, 1.165) is 25.1 Å². The fourth-order valence-electron chi connectivity index (χ4n) is 2.39. The summed E-state index contributed by atoms with van der Waals surface area (Å²) in [5.41, 5.74) is 0.106. The SMILES string of the molecule is O=C(NC1CCCCC1C(=O)O)c1cncc(F)c1. The Kier molecular flexibility index (Phi) is 4.09. The molecule has 1 saturated carbocycles. The van der Waals surface area contributed by atoms with E-state index in [1.54, 1.807) is 0 Å². The largest absolute Gasteiger partial charge is 0.481 e. The number of carbonyl (C=O) groups excluding carboxylic acids is 1. The van der Waals surface area contributed by atoms with Gasteiger partial charge in [-0.25, -0.2) is 4.39 Å². The fourth-order valence-corrected chi connectivity index (χ4v) is 2.39. The van der Waals surface area contributed by atoms with Gasteiger partial charge in [-0.2, -0.15) is 0 Å². The van der Waals surface area contributed by atoms with Gasteiger partial charge in [0.05, 0.1) is 17.7 Å². The van der Waals surface area contributed by atoms with Crippen LogP contribution in [0.2, 0.25) is 0 Å². The lowest BCUT2D eigenvalue weighted by molar-refractivity contribution is -0.143. The van der Waals surface area contributed by atoms with Gasteiger partial charge >= 0.3 is 5.97 Å². The highest BCUT2D eigenvalue weighted by atomic mass is 19.1. The minimum atomic E-state index is -0.901. The minimum Gasteiger partial charge on any atom is -0.481 e. The number of hydrogen-bond acceptors (Lipinski definition) is 3. The molecule has 6 heteroatoms. The second-order valence-electron chi connectivity index (χ2n) is 4.70. The maximum absolute atomic E-state index is 13.0. The van der Waals surface area contributed by atoms with Crippen molar-refractivity contribution in [3.63, 3.8) is 0 Å². The Hall–Kier alpha value is -1.98. The van der Waals surface area contributed by atoms with Gasteiger partial charge in [0.25, 0.3) is 5.91 Å². The molecule has 0 aromatic carbocycles. The number of nitrogens with zero attached hydrogens (tertiary/aromatic N) is 1. The van der Waals surface area contributed by atoms with Crippen molar-refractivity contribution in [2.24, 2.45) is 5.92 Å². The molecule has 0 aliphatic heterocycles. The van der Waals surface area contributed by atoms with Gasteiger partial charge < -0.3 is 10.4 Å². The molecule has 0 bridgehead atoms.